The number of likely N-dealkylation sites (tertiary alicyclic amines) is 1. The first-order valence-corrected chi connectivity index (χ1v) is 6.75. The van der Waals surface area contributed by atoms with Crippen molar-refractivity contribution in [3.63, 3.8) is 0 Å². The Hall–Kier alpha value is -2.05. The number of benzene rings is 1. The molecular weight excluding hydrogens is 299 g/mol. The second kappa shape index (κ2) is 5.30. The van der Waals surface area contributed by atoms with Gasteiger partial charge in [0.2, 0.25) is 0 Å². The third kappa shape index (κ3) is 2.55. The summed E-state index contributed by atoms with van der Waals surface area (Å²) in [4.78, 5) is 24.5. The maximum Gasteiger partial charge on any atom is 0.406 e. The third-order valence-corrected chi connectivity index (χ3v) is 4.13. The number of carbonyl (C=O) groups excluding carboxylic acids is 1. The zero-order valence-corrected chi connectivity index (χ0v) is 12.2. The number of hydrogen-bond donors (Lipinski definition) is 1. The van der Waals surface area contributed by atoms with E-state index in [1.807, 2.05) is 0 Å². The average Bonchev–Trinajstić information content (AvgIpc) is 2.87. The van der Waals surface area contributed by atoms with E-state index in [0.29, 0.717) is 11.1 Å². The molecule has 1 heterocycles. The molecule has 22 heavy (non-hydrogen) atoms. The third-order valence-electron chi connectivity index (χ3n) is 4.13. The average molecular weight is 315 g/mol. The maximum atomic E-state index is 13.1. The van der Waals surface area contributed by atoms with Gasteiger partial charge < -0.3 is 10.0 Å². The Bertz CT molecular complexity index is 627. The number of rotatable bonds is 2. The normalized spacial score (nSPS) is 22.0. The van der Waals surface area contributed by atoms with Crippen LogP contribution in [0.25, 0.3) is 0 Å². The van der Waals surface area contributed by atoms with Crippen LogP contribution in [0.15, 0.2) is 18.2 Å². The minimum Gasteiger partial charge on any atom is -0.481 e. The minimum atomic E-state index is -4.89. The number of carboxylic acids is 1. The molecule has 1 saturated heterocycles. The first-order chi connectivity index (χ1) is 10.1. The zero-order valence-electron chi connectivity index (χ0n) is 12.2. The van der Waals surface area contributed by atoms with E-state index in [1.54, 1.807) is 32.0 Å². The maximum absolute atomic E-state index is 13.1. The second-order valence-electron chi connectivity index (χ2n) is 5.68. The highest BCUT2D eigenvalue weighted by atomic mass is 19.4. The van der Waals surface area contributed by atoms with Crippen molar-refractivity contribution in [2.24, 2.45) is 5.41 Å². The van der Waals surface area contributed by atoms with Crippen LogP contribution in [0.1, 0.15) is 27.9 Å². The summed E-state index contributed by atoms with van der Waals surface area (Å²) in [5.74, 6) is -2.50. The van der Waals surface area contributed by atoms with E-state index in [9.17, 15) is 22.8 Å². The van der Waals surface area contributed by atoms with Crippen LogP contribution in [0.3, 0.4) is 0 Å². The highest BCUT2D eigenvalue weighted by Gasteiger charge is 2.64. The molecule has 0 aliphatic carbocycles. The van der Waals surface area contributed by atoms with Gasteiger partial charge in [-0.2, -0.15) is 13.2 Å². The summed E-state index contributed by atoms with van der Waals surface area (Å²) in [7, 11) is 0. The number of alkyl halides is 3. The number of hydrogen-bond acceptors (Lipinski definition) is 2. The molecule has 1 aliphatic heterocycles. The van der Waals surface area contributed by atoms with Crippen molar-refractivity contribution in [3.8, 4) is 0 Å². The van der Waals surface area contributed by atoms with Crippen molar-refractivity contribution in [3.05, 3.63) is 34.9 Å². The SMILES string of the molecule is Cc1ccc(C)c(C(=O)N2CCC(C(=O)O)(C(F)(F)F)C2)c1. The molecule has 0 radical (unpaired) electrons. The molecule has 0 bridgehead atoms. The van der Waals surface area contributed by atoms with Crippen LogP contribution in [-0.2, 0) is 4.79 Å². The van der Waals surface area contributed by atoms with Gasteiger partial charge in [0.25, 0.3) is 5.91 Å². The number of carbonyl (C=O) groups is 2. The van der Waals surface area contributed by atoms with Gasteiger partial charge in [-0.05, 0) is 31.9 Å². The molecule has 2 rings (SSSR count). The van der Waals surface area contributed by atoms with Crippen LogP contribution in [0.4, 0.5) is 13.2 Å². The number of halogens is 3. The van der Waals surface area contributed by atoms with Crippen LogP contribution in [0.2, 0.25) is 0 Å². The van der Waals surface area contributed by atoms with Crippen LogP contribution in [0.5, 0.6) is 0 Å². The Labute approximate surface area is 125 Å². The van der Waals surface area contributed by atoms with Gasteiger partial charge in [-0.1, -0.05) is 17.7 Å². The van der Waals surface area contributed by atoms with Crippen LogP contribution in [0, 0.1) is 19.3 Å². The molecule has 1 fully saturated rings. The Morgan fingerprint density at radius 3 is 2.41 bits per heavy atom. The number of aliphatic carboxylic acids is 1. The van der Waals surface area contributed by atoms with E-state index in [1.165, 1.54) is 0 Å². The lowest BCUT2D eigenvalue weighted by molar-refractivity contribution is -0.227. The Balaban J connectivity index is 2.31. The van der Waals surface area contributed by atoms with Gasteiger partial charge in [0.1, 0.15) is 0 Å². The van der Waals surface area contributed by atoms with E-state index in [4.69, 9.17) is 5.11 Å². The van der Waals surface area contributed by atoms with Crippen molar-refractivity contribution in [1.82, 2.24) is 4.90 Å². The van der Waals surface area contributed by atoms with Gasteiger partial charge in [0.15, 0.2) is 5.41 Å². The predicted molar refractivity (Wildman–Crippen MR) is 72.6 cm³/mol. The smallest absolute Gasteiger partial charge is 0.406 e. The quantitative estimate of drug-likeness (QED) is 0.913. The molecule has 7 heteroatoms. The predicted octanol–water partition coefficient (Wildman–Crippen LogP) is 2.78. The molecule has 1 aromatic rings. The first kappa shape index (κ1) is 16.3. The molecular formula is C15H16F3NO3. The van der Waals surface area contributed by atoms with Gasteiger partial charge in [-0.15, -0.1) is 0 Å². The number of aryl methyl sites for hydroxylation is 2. The minimum absolute atomic E-state index is 0.224. The first-order valence-electron chi connectivity index (χ1n) is 6.75. The lowest BCUT2D eigenvalue weighted by Crippen LogP contribution is -2.47. The fourth-order valence-corrected chi connectivity index (χ4v) is 2.65. The summed E-state index contributed by atoms with van der Waals surface area (Å²) >= 11 is 0. The largest absolute Gasteiger partial charge is 0.481 e. The molecule has 0 aromatic heterocycles. The molecule has 4 nitrogen and oxygen atoms in total. The molecule has 1 atom stereocenters. The van der Waals surface area contributed by atoms with Crippen LogP contribution < -0.4 is 0 Å². The van der Waals surface area contributed by atoms with Gasteiger partial charge >= 0.3 is 12.1 Å². The molecule has 1 aliphatic rings. The second-order valence-corrected chi connectivity index (χ2v) is 5.68. The standard InChI is InChI=1S/C15H16F3NO3/c1-9-3-4-10(2)11(7-9)12(20)19-6-5-14(8-19,13(21)22)15(16,17)18/h3-4,7H,5-6,8H2,1-2H3,(H,21,22). The molecule has 1 unspecified atom stereocenters. The zero-order chi connectivity index (χ0) is 16.7. The Kier molecular flexibility index (Phi) is 3.93. The molecule has 120 valence electrons. The van der Waals surface area contributed by atoms with Gasteiger partial charge in [-0.3, -0.25) is 9.59 Å². The number of nitrogens with zero attached hydrogens (tertiary/aromatic N) is 1. The summed E-state index contributed by atoms with van der Waals surface area (Å²) in [5.41, 5.74) is -1.10. The summed E-state index contributed by atoms with van der Waals surface area (Å²) < 4.78 is 39.4. The summed E-state index contributed by atoms with van der Waals surface area (Å²) in [6.07, 6.45) is -5.52. The van der Waals surface area contributed by atoms with Crippen molar-refractivity contribution >= 4 is 11.9 Å². The van der Waals surface area contributed by atoms with Crippen LogP contribution >= 0.6 is 0 Å². The van der Waals surface area contributed by atoms with Crippen LogP contribution in [-0.4, -0.2) is 41.1 Å². The molecule has 1 aromatic carbocycles. The summed E-state index contributed by atoms with van der Waals surface area (Å²) in [6.45, 7) is 2.39. The topological polar surface area (TPSA) is 57.6 Å². The number of amides is 1. The van der Waals surface area contributed by atoms with Gasteiger partial charge in [0.05, 0.1) is 0 Å². The van der Waals surface area contributed by atoms with E-state index < -0.39 is 36.4 Å². The van der Waals surface area contributed by atoms with Crippen molar-refractivity contribution in [2.75, 3.05) is 13.1 Å². The lowest BCUT2D eigenvalue weighted by Gasteiger charge is -2.27. The molecule has 1 N–H and O–H groups in total. The van der Waals surface area contributed by atoms with Crippen molar-refractivity contribution in [1.29, 1.82) is 0 Å². The van der Waals surface area contributed by atoms with Crippen molar-refractivity contribution in [2.45, 2.75) is 26.4 Å². The lowest BCUT2D eigenvalue weighted by atomic mass is 9.86. The Morgan fingerprint density at radius 2 is 1.91 bits per heavy atom. The molecule has 0 saturated carbocycles. The van der Waals surface area contributed by atoms with E-state index >= 15 is 0 Å². The molecule has 0 spiro atoms. The van der Waals surface area contributed by atoms with Gasteiger partial charge in [-0.25, -0.2) is 0 Å². The van der Waals surface area contributed by atoms with E-state index in [-0.39, 0.29) is 6.54 Å². The van der Waals surface area contributed by atoms with E-state index in [2.05, 4.69) is 0 Å². The summed E-state index contributed by atoms with van der Waals surface area (Å²) in [6, 6.07) is 5.12. The fraction of sp³-hybridized carbons (Fsp3) is 0.467. The molecule has 1 amide bonds. The number of carboxylic acid groups (broad SMARTS) is 1. The Morgan fingerprint density at radius 1 is 1.27 bits per heavy atom. The van der Waals surface area contributed by atoms with Gasteiger partial charge in [0, 0.05) is 18.7 Å². The summed E-state index contributed by atoms with van der Waals surface area (Å²) in [5, 5.41) is 9.01. The van der Waals surface area contributed by atoms with Crippen molar-refractivity contribution < 1.29 is 27.9 Å². The highest BCUT2D eigenvalue weighted by molar-refractivity contribution is 5.96. The highest BCUT2D eigenvalue weighted by Crippen LogP contribution is 2.46. The van der Waals surface area contributed by atoms with E-state index in [0.717, 1.165) is 10.5 Å². The monoisotopic (exact) mass is 315 g/mol. The fourth-order valence-electron chi connectivity index (χ4n) is 2.65.